The Bertz CT molecular complexity index is 620. The van der Waals surface area contributed by atoms with Crippen molar-refractivity contribution in [1.82, 2.24) is 0 Å². The molecule has 1 aliphatic rings. The molecule has 1 aliphatic heterocycles. The van der Waals surface area contributed by atoms with E-state index >= 15 is 0 Å². The smallest absolute Gasteiger partial charge is 0.227 e. The Morgan fingerprint density at radius 3 is 2.79 bits per heavy atom. The zero-order valence-corrected chi connectivity index (χ0v) is 13.0. The number of sulfonamides is 1. The number of benzene rings is 1. The van der Waals surface area contributed by atoms with Crippen molar-refractivity contribution in [3.8, 4) is 0 Å². The first-order chi connectivity index (χ1) is 8.78. The third kappa shape index (κ3) is 3.47. The minimum Gasteiger partial charge on any atom is -0.311 e. The van der Waals surface area contributed by atoms with Gasteiger partial charge in [-0.25, -0.2) is 13.6 Å². The van der Waals surface area contributed by atoms with Gasteiger partial charge in [0.15, 0.2) is 0 Å². The first kappa shape index (κ1) is 14.8. The highest BCUT2D eigenvalue weighted by molar-refractivity contribution is 9.10. The van der Waals surface area contributed by atoms with Gasteiger partial charge in [-0.1, -0.05) is 17.7 Å². The molecule has 1 saturated heterocycles. The second-order valence-corrected chi connectivity index (χ2v) is 7.37. The number of carbonyl (C=O) groups excluding carboxylic acids is 1. The lowest BCUT2D eigenvalue weighted by Crippen LogP contribution is -2.27. The van der Waals surface area contributed by atoms with Crippen LogP contribution in [-0.4, -0.2) is 26.6 Å². The first-order valence-corrected chi connectivity index (χ1v) is 8.41. The molecule has 1 aromatic carbocycles. The second-order valence-electron chi connectivity index (χ2n) is 4.48. The molecule has 1 aromatic rings. The lowest BCUT2D eigenvalue weighted by atomic mass is 10.1. The summed E-state index contributed by atoms with van der Waals surface area (Å²) in [6.45, 7) is 0.311. The molecule has 1 heterocycles. The Morgan fingerprint density at radius 1 is 1.47 bits per heavy atom. The first-order valence-electron chi connectivity index (χ1n) is 5.53. The van der Waals surface area contributed by atoms with E-state index in [0.29, 0.717) is 21.7 Å². The molecule has 1 unspecified atom stereocenters. The standard InChI is InChI=1S/C11H12BrClN2O3S/c12-8-2-1-3-9(11(8)13)15-5-7(4-10(15)16)6-19(14,17)18/h1-3,7H,4-6H2,(H2,14,17,18). The van der Waals surface area contributed by atoms with Crippen LogP contribution >= 0.6 is 27.5 Å². The Labute approximate surface area is 124 Å². The topological polar surface area (TPSA) is 80.5 Å². The van der Waals surface area contributed by atoms with Crippen LogP contribution in [0.4, 0.5) is 5.69 Å². The van der Waals surface area contributed by atoms with Crippen molar-refractivity contribution in [1.29, 1.82) is 0 Å². The molecule has 2 N–H and O–H groups in total. The van der Waals surface area contributed by atoms with Crippen molar-refractivity contribution in [2.75, 3.05) is 17.2 Å². The molecule has 0 radical (unpaired) electrons. The number of halogens is 2. The zero-order valence-electron chi connectivity index (χ0n) is 9.84. The van der Waals surface area contributed by atoms with E-state index in [1.807, 2.05) is 0 Å². The second kappa shape index (κ2) is 5.40. The van der Waals surface area contributed by atoms with Crippen LogP contribution in [0.3, 0.4) is 0 Å². The summed E-state index contributed by atoms with van der Waals surface area (Å²) in [5.41, 5.74) is 0.581. The van der Waals surface area contributed by atoms with Gasteiger partial charge in [0.25, 0.3) is 0 Å². The molecule has 0 spiro atoms. The van der Waals surface area contributed by atoms with E-state index in [-0.39, 0.29) is 24.0 Å². The molecule has 0 aromatic heterocycles. The molecule has 5 nitrogen and oxygen atoms in total. The van der Waals surface area contributed by atoms with Gasteiger partial charge in [0, 0.05) is 23.4 Å². The van der Waals surface area contributed by atoms with Gasteiger partial charge in [-0.3, -0.25) is 4.79 Å². The number of nitrogens with two attached hydrogens (primary N) is 1. The van der Waals surface area contributed by atoms with Crippen LogP contribution in [0, 0.1) is 5.92 Å². The Balaban J connectivity index is 2.23. The van der Waals surface area contributed by atoms with Gasteiger partial charge in [0.2, 0.25) is 15.9 Å². The predicted molar refractivity (Wildman–Crippen MR) is 77.6 cm³/mol. The van der Waals surface area contributed by atoms with E-state index in [4.69, 9.17) is 16.7 Å². The summed E-state index contributed by atoms with van der Waals surface area (Å²) >= 11 is 9.43. The van der Waals surface area contributed by atoms with E-state index in [1.165, 1.54) is 4.90 Å². The molecular formula is C11H12BrClN2O3S. The van der Waals surface area contributed by atoms with Crippen molar-refractivity contribution >= 4 is 49.1 Å². The normalized spacial score (nSPS) is 20.1. The van der Waals surface area contributed by atoms with Gasteiger partial charge in [-0.2, -0.15) is 0 Å². The lowest BCUT2D eigenvalue weighted by molar-refractivity contribution is -0.117. The Kier molecular flexibility index (Phi) is 4.20. The van der Waals surface area contributed by atoms with Crippen molar-refractivity contribution < 1.29 is 13.2 Å². The van der Waals surface area contributed by atoms with Crippen LogP contribution in [0.15, 0.2) is 22.7 Å². The molecule has 1 fully saturated rings. The number of hydrogen-bond donors (Lipinski definition) is 1. The average molecular weight is 368 g/mol. The summed E-state index contributed by atoms with van der Waals surface area (Å²) in [7, 11) is -3.58. The van der Waals surface area contributed by atoms with Crippen LogP contribution in [0.2, 0.25) is 5.02 Å². The van der Waals surface area contributed by atoms with E-state index in [2.05, 4.69) is 15.9 Å². The van der Waals surface area contributed by atoms with Crippen LogP contribution in [0.5, 0.6) is 0 Å². The van der Waals surface area contributed by atoms with E-state index in [9.17, 15) is 13.2 Å². The molecule has 104 valence electrons. The fourth-order valence-corrected chi connectivity index (χ4v) is 3.62. The fraction of sp³-hybridized carbons (Fsp3) is 0.364. The maximum atomic E-state index is 12.0. The monoisotopic (exact) mass is 366 g/mol. The number of primary sulfonamides is 1. The molecule has 8 heteroatoms. The highest BCUT2D eigenvalue weighted by atomic mass is 79.9. The summed E-state index contributed by atoms with van der Waals surface area (Å²) in [4.78, 5) is 13.5. The number of anilines is 1. The average Bonchev–Trinajstić information content (AvgIpc) is 2.61. The number of nitrogens with zero attached hydrogens (tertiary/aromatic N) is 1. The summed E-state index contributed by atoms with van der Waals surface area (Å²) in [5, 5.41) is 5.44. The van der Waals surface area contributed by atoms with Gasteiger partial charge < -0.3 is 4.90 Å². The molecule has 0 saturated carbocycles. The molecule has 1 atom stereocenters. The number of hydrogen-bond acceptors (Lipinski definition) is 3. The largest absolute Gasteiger partial charge is 0.311 e. The Morgan fingerprint density at radius 2 is 2.16 bits per heavy atom. The van der Waals surface area contributed by atoms with Crippen LogP contribution in [0.1, 0.15) is 6.42 Å². The van der Waals surface area contributed by atoms with E-state index in [1.54, 1.807) is 18.2 Å². The summed E-state index contributed by atoms with van der Waals surface area (Å²) in [6.07, 6.45) is 0.166. The SMILES string of the molecule is NS(=O)(=O)CC1CC(=O)N(c2cccc(Br)c2Cl)C1. The molecule has 0 bridgehead atoms. The van der Waals surface area contributed by atoms with Crippen LogP contribution in [-0.2, 0) is 14.8 Å². The number of amides is 1. The quantitative estimate of drug-likeness (QED) is 0.883. The highest BCUT2D eigenvalue weighted by Crippen LogP contribution is 2.35. The molecule has 19 heavy (non-hydrogen) atoms. The molecule has 2 rings (SSSR count). The molecule has 1 amide bonds. The van der Waals surface area contributed by atoms with Crippen molar-refractivity contribution in [2.45, 2.75) is 6.42 Å². The minimum atomic E-state index is -3.58. The maximum Gasteiger partial charge on any atom is 0.227 e. The third-order valence-corrected chi connectivity index (χ3v) is 5.12. The van der Waals surface area contributed by atoms with Gasteiger partial charge in [-0.05, 0) is 28.1 Å². The number of rotatable bonds is 3. The van der Waals surface area contributed by atoms with Crippen molar-refractivity contribution in [3.63, 3.8) is 0 Å². The zero-order chi connectivity index (χ0) is 14.2. The van der Waals surface area contributed by atoms with Crippen molar-refractivity contribution in [3.05, 3.63) is 27.7 Å². The number of carbonyl (C=O) groups is 1. The van der Waals surface area contributed by atoms with Crippen LogP contribution in [0.25, 0.3) is 0 Å². The predicted octanol–water partition coefficient (Wildman–Crippen LogP) is 1.74. The van der Waals surface area contributed by atoms with Gasteiger partial charge in [0.1, 0.15) is 0 Å². The summed E-state index contributed by atoms with van der Waals surface area (Å²) in [6, 6.07) is 5.27. The van der Waals surface area contributed by atoms with Gasteiger partial charge in [0.05, 0.1) is 16.5 Å². The Hall–Kier alpha value is -0.630. The summed E-state index contributed by atoms with van der Waals surface area (Å²) < 4.78 is 22.8. The van der Waals surface area contributed by atoms with E-state index < -0.39 is 10.0 Å². The van der Waals surface area contributed by atoms with Gasteiger partial charge >= 0.3 is 0 Å². The minimum absolute atomic E-state index is 0.145. The highest BCUT2D eigenvalue weighted by Gasteiger charge is 2.33. The molecular weight excluding hydrogens is 356 g/mol. The van der Waals surface area contributed by atoms with Crippen molar-refractivity contribution in [2.24, 2.45) is 11.1 Å². The van der Waals surface area contributed by atoms with E-state index in [0.717, 1.165) is 0 Å². The fourth-order valence-electron chi connectivity index (χ4n) is 2.16. The van der Waals surface area contributed by atoms with Gasteiger partial charge in [-0.15, -0.1) is 0 Å². The lowest BCUT2D eigenvalue weighted by Gasteiger charge is -2.18. The molecule has 0 aliphatic carbocycles. The third-order valence-electron chi connectivity index (χ3n) is 2.90. The summed E-state index contributed by atoms with van der Waals surface area (Å²) in [5.74, 6) is -0.632. The van der Waals surface area contributed by atoms with Crippen LogP contribution < -0.4 is 10.0 Å². The maximum absolute atomic E-state index is 12.0.